The Morgan fingerprint density at radius 1 is 1.30 bits per heavy atom. The molecule has 112 valence electrons. The van der Waals surface area contributed by atoms with Gasteiger partial charge in [-0.2, -0.15) is 0 Å². The molecule has 1 amide bonds. The summed E-state index contributed by atoms with van der Waals surface area (Å²) in [5.41, 5.74) is 4.83. The molecule has 0 saturated heterocycles. The highest BCUT2D eigenvalue weighted by atomic mass is 16.2. The molecule has 1 heterocycles. The third-order valence-corrected chi connectivity index (χ3v) is 3.00. The van der Waals surface area contributed by atoms with Gasteiger partial charge in [-0.3, -0.25) is 18.7 Å². The number of nitrogens with zero attached hydrogens (tertiary/aromatic N) is 3. The molecule has 0 aliphatic heterocycles. The Labute approximate surface area is 117 Å². The Morgan fingerprint density at radius 2 is 1.95 bits per heavy atom. The number of aryl methyl sites for hydroxylation is 1. The molecule has 0 aromatic carbocycles. The van der Waals surface area contributed by atoms with E-state index < -0.39 is 5.56 Å². The summed E-state index contributed by atoms with van der Waals surface area (Å²) in [6.07, 6.45) is 2.88. The molecular formula is C13H22N4O3. The molecule has 2 N–H and O–H groups in total. The van der Waals surface area contributed by atoms with Crippen molar-refractivity contribution in [3.63, 3.8) is 0 Å². The van der Waals surface area contributed by atoms with E-state index >= 15 is 0 Å². The minimum absolute atomic E-state index is 0.0316. The second-order valence-corrected chi connectivity index (χ2v) is 4.91. The van der Waals surface area contributed by atoms with Gasteiger partial charge in [0, 0.05) is 39.8 Å². The number of aromatic nitrogens is 2. The lowest BCUT2D eigenvalue weighted by atomic mass is 10.3. The van der Waals surface area contributed by atoms with Crippen molar-refractivity contribution in [3.8, 4) is 0 Å². The molecule has 1 aromatic rings. The minimum Gasteiger partial charge on any atom is -0.393 e. The molecule has 20 heavy (non-hydrogen) atoms. The molecule has 7 heteroatoms. The van der Waals surface area contributed by atoms with Gasteiger partial charge in [0.15, 0.2) is 0 Å². The van der Waals surface area contributed by atoms with Crippen LogP contribution >= 0.6 is 0 Å². The second kappa shape index (κ2) is 6.93. The molecule has 0 saturated carbocycles. The number of nitrogen functional groups attached to an aromatic ring is 1. The fourth-order valence-electron chi connectivity index (χ4n) is 1.89. The van der Waals surface area contributed by atoms with E-state index in [1.807, 2.05) is 6.92 Å². The summed E-state index contributed by atoms with van der Waals surface area (Å²) in [6, 6.07) is 0. The van der Waals surface area contributed by atoms with Crippen LogP contribution in [0.5, 0.6) is 0 Å². The van der Waals surface area contributed by atoms with Crippen LogP contribution in [0.25, 0.3) is 0 Å². The normalized spacial score (nSPS) is 10.6. The van der Waals surface area contributed by atoms with E-state index in [1.165, 1.54) is 15.7 Å². The number of anilines is 1. The van der Waals surface area contributed by atoms with Crippen LogP contribution in [0.2, 0.25) is 0 Å². The predicted molar refractivity (Wildman–Crippen MR) is 77.6 cm³/mol. The van der Waals surface area contributed by atoms with Gasteiger partial charge in [0.2, 0.25) is 5.91 Å². The lowest BCUT2D eigenvalue weighted by Gasteiger charge is -2.12. The number of amides is 1. The molecule has 0 spiro atoms. The first kappa shape index (κ1) is 16.0. The maximum absolute atomic E-state index is 12.1. The van der Waals surface area contributed by atoms with Crippen LogP contribution in [0, 0.1) is 0 Å². The maximum atomic E-state index is 12.1. The van der Waals surface area contributed by atoms with Crippen molar-refractivity contribution >= 4 is 11.6 Å². The monoisotopic (exact) mass is 282 g/mol. The lowest BCUT2D eigenvalue weighted by molar-refractivity contribution is -0.128. The zero-order valence-electron chi connectivity index (χ0n) is 12.3. The Hall–Kier alpha value is -2.05. The van der Waals surface area contributed by atoms with Crippen molar-refractivity contribution in [2.24, 2.45) is 0 Å². The molecular weight excluding hydrogens is 260 g/mol. The van der Waals surface area contributed by atoms with Gasteiger partial charge in [-0.1, -0.05) is 6.92 Å². The standard InChI is InChI=1S/C13H22N4O3/c1-4-7-16-9-10(14)12(19)17(13(16)20)8-5-6-11(18)15(2)3/h9H,4-8,14H2,1-3H3. The Bertz CT molecular complexity index is 586. The largest absolute Gasteiger partial charge is 0.393 e. The summed E-state index contributed by atoms with van der Waals surface area (Å²) in [5, 5.41) is 0. The van der Waals surface area contributed by atoms with E-state index in [4.69, 9.17) is 5.73 Å². The van der Waals surface area contributed by atoms with Gasteiger partial charge in [-0.15, -0.1) is 0 Å². The Kier molecular flexibility index (Phi) is 5.54. The van der Waals surface area contributed by atoms with Crippen LogP contribution in [0.4, 0.5) is 5.69 Å². The molecule has 0 bridgehead atoms. The number of carbonyl (C=O) groups is 1. The minimum atomic E-state index is -0.486. The fraction of sp³-hybridized carbons (Fsp3) is 0.615. The Balaban J connectivity index is 2.92. The van der Waals surface area contributed by atoms with Crippen molar-refractivity contribution in [3.05, 3.63) is 27.0 Å². The highest BCUT2D eigenvalue weighted by molar-refractivity contribution is 5.75. The summed E-state index contributed by atoms with van der Waals surface area (Å²) in [5.74, 6) is -0.0316. The topological polar surface area (TPSA) is 90.3 Å². The van der Waals surface area contributed by atoms with Crippen LogP contribution in [0.15, 0.2) is 15.8 Å². The first-order chi connectivity index (χ1) is 9.38. The van der Waals surface area contributed by atoms with Gasteiger partial charge in [0.1, 0.15) is 5.69 Å². The van der Waals surface area contributed by atoms with E-state index in [1.54, 1.807) is 14.1 Å². The van der Waals surface area contributed by atoms with E-state index in [-0.39, 0.29) is 23.8 Å². The average Bonchev–Trinajstić information content (AvgIpc) is 2.39. The number of carbonyl (C=O) groups excluding carboxylic acids is 1. The lowest BCUT2D eigenvalue weighted by Crippen LogP contribution is -2.40. The molecule has 0 unspecified atom stereocenters. The smallest absolute Gasteiger partial charge is 0.331 e. The van der Waals surface area contributed by atoms with Crippen molar-refractivity contribution in [2.45, 2.75) is 39.3 Å². The second-order valence-electron chi connectivity index (χ2n) is 4.91. The van der Waals surface area contributed by atoms with Crippen LogP contribution in [0.3, 0.4) is 0 Å². The van der Waals surface area contributed by atoms with E-state index in [0.29, 0.717) is 19.4 Å². The van der Waals surface area contributed by atoms with Crippen LogP contribution in [0.1, 0.15) is 26.2 Å². The quantitative estimate of drug-likeness (QED) is 0.787. The van der Waals surface area contributed by atoms with Crippen molar-refractivity contribution < 1.29 is 4.79 Å². The molecule has 1 rings (SSSR count). The van der Waals surface area contributed by atoms with Crippen LogP contribution < -0.4 is 17.0 Å². The van der Waals surface area contributed by atoms with Crippen molar-refractivity contribution in [2.75, 3.05) is 19.8 Å². The van der Waals surface area contributed by atoms with Gasteiger partial charge in [0.05, 0.1) is 0 Å². The zero-order chi connectivity index (χ0) is 15.3. The maximum Gasteiger partial charge on any atom is 0.331 e. The third kappa shape index (κ3) is 3.72. The van der Waals surface area contributed by atoms with Crippen molar-refractivity contribution in [1.82, 2.24) is 14.0 Å². The van der Waals surface area contributed by atoms with E-state index in [9.17, 15) is 14.4 Å². The van der Waals surface area contributed by atoms with E-state index in [0.717, 1.165) is 11.0 Å². The number of hydrogen-bond donors (Lipinski definition) is 1. The zero-order valence-corrected chi connectivity index (χ0v) is 12.3. The number of nitrogens with two attached hydrogens (primary N) is 1. The predicted octanol–water partition coefficient (Wildman–Crippen LogP) is -0.129. The molecule has 7 nitrogen and oxygen atoms in total. The van der Waals surface area contributed by atoms with Gasteiger partial charge < -0.3 is 10.6 Å². The molecule has 1 aromatic heterocycles. The van der Waals surface area contributed by atoms with Crippen LogP contribution in [-0.4, -0.2) is 34.0 Å². The molecule has 0 atom stereocenters. The average molecular weight is 282 g/mol. The summed E-state index contributed by atoms with van der Waals surface area (Å²) in [6.45, 7) is 2.65. The Morgan fingerprint density at radius 3 is 2.50 bits per heavy atom. The first-order valence-electron chi connectivity index (χ1n) is 6.68. The molecule has 0 fully saturated rings. The highest BCUT2D eigenvalue weighted by Crippen LogP contribution is 1.97. The van der Waals surface area contributed by atoms with E-state index in [2.05, 4.69) is 0 Å². The molecule has 0 aliphatic carbocycles. The summed E-state index contributed by atoms with van der Waals surface area (Å²) in [4.78, 5) is 37.0. The van der Waals surface area contributed by atoms with Crippen LogP contribution in [-0.2, 0) is 17.9 Å². The number of hydrogen-bond acceptors (Lipinski definition) is 4. The first-order valence-corrected chi connectivity index (χ1v) is 6.68. The van der Waals surface area contributed by atoms with Gasteiger partial charge >= 0.3 is 5.69 Å². The molecule has 0 radical (unpaired) electrons. The van der Waals surface area contributed by atoms with Gasteiger partial charge in [-0.25, -0.2) is 4.79 Å². The van der Waals surface area contributed by atoms with Gasteiger partial charge in [0.25, 0.3) is 5.56 Å². The molecule has 0 aliphatic rings. The fourth-order valence-corrected chi connectivity index (χ4v) is 1.89. The summed E-state index contributed by atoms with van der Waals surface area (Å²) < 4.78 is 2.54. The third-order valence-electron chi connectivity index (χ3n) is 3.00. The van der Waals surface area contributed by atoms with Gasteiger partial charge in [-0.05, 0) is 12.8 Å². The number of rotatable bonds is 6. The summed E-state index contributed by atoms with van der Waals surface area (Å²) >= 11 is 0. The SMILES string of the molecule is CCCn1cc(N)c(=O)n(CCCC(=O)N(C)C)c1=O. The summed E-state index contributed by atoms with van der Waals surface area (Å²) in [7, 11) is 3.34. The highest BCUT2D eigenvalue weighted by Gasteiger charge is 2.10. The van der Waals surface area contributed by atoms with Crippen molar-refractivity contribution in [1.29, 1.82) is 0 Å².